The first-order chi connectivity index (χ1) is 11.5. The van der Waals surface area contributed by atoms with Gasteiger partial charge in [0.15, 0.2) is 0 Å². The molecular formula is C19H20FNO3. The minimum absolute atomic E-state index is 0.296. The number of carbonyl (C=O) groups excluding carboxylic acids is 1. The van der Waals surface area contributed by atoms with Crippen molar-refractivity contribution in [3.8, 4) is 5.75 Å². The first-order valence-corrected chi connectivity index (χ1v) is 7.87. The zero-order valence-electron chi connectivity index (χ0n) is 13.7. The number of morpholine rings is 1. The Hall–Kier alpha value is -2.40. The minimum atomic E-state index is -0.484. The lowest BCUT2D eigenvalue weighted by Gasteiger charge is -2.44. The van der Waals surface area contributed by atoms with Crippen LogP contribution in [0.25, 0.3) is 0 Å². The van der Waals surface area contributed by atoms with Crippen LogP contribution in [0.5, 0.6) is 5.75 Å². The normalized spacial score (nSPS) is 19.8. The number of benzene rings is 2. The lowest BCUT2D eigenvalue weighted by atomic mass is 9.99. The molecule has 4 nitrogen and oxygen atoms in total. The Morgan fingerprint density at radius 2 is 1.83 bits per heavy atom. The number of ether oxygens (including phenoxy) is 2. The van der Waals surface area contributed by atoms with Crippen molar-refractivity contribution in [2.45, 2.75) is 25.5 Å². The third kappa shape index (κ3) is 3.57. The molecule has 24 heavy (non-hydrogen) atoms. The number of hydrogen-bond donors (Lipinski definition) is 0. The van der Waals surface area contributed by atoms with Crippen molar-refractivity contribution in [1.82, 2.24) is 4.90 Å². The quantitative estimate of drug-likeness (QED) is 0.830. The highest BCUT2D eigenvalue weighted by Crippen LogP contribution is 2.31. The van der Waals surface area contributed by atoms with Gasteiger partial charge in [0, 0.05) is 0 Å². The van der Waals surface area contributed by atoms with Crippen LogP contribution in [0.4, 0.5) is 9.18 Å². The summed E-state index contributed by atoms with van der Waals surface area (Å²) in [4.78, 5) is 14.3. The molecule has 1 atom stereocenters. The molecule has 0 aliphatic carbocycles. The van der Waals surface area contributed by atoms with E-state index in [2.05, 4.69) is 0 Å². The Labute approximate surface area is 140 Å². The number of halogens is 1. The van der Waals surface area contributed by atoms with Gasteiger partial charge in [0.2, 0.25) is 0 Å². The van der Waals surface area contributed by atoms with Crippen molar-refractivity contribution in [1.29, 1.82) is 0 Å². The van der Waals surface area contributed by atoms with E-state index in [1.165, 1.54) is 12.1 Å². The molecule has 1 unspecified atom stereocenters. The van der Waals surface area contributed by atoms with Gasteiger partial charge in [-0.25, -0.2) is 9.18 Å². The summed E-state index contributed by atoms with van der Waals surface area (Å²) in [6.45, 7) is 4.59. The molecule has 3 rings (SSSR count). The molecule has 1 heterocycles. The van der Waals surface area contributed by atoms with Crippen molar-refractivity contribution in [2.24, 2.45) is 0 Å². The fourth-order valence-corrected chi connectivity index (χ4v) is 2.69. The summed E-state index contributed by atoms with van der Waals surface area (Å²) in [5, 5.41) is 0. The maximum atomic E-state index is 13.1. The molecule has 126 valence electrons. The fourth-order valence-electron chi connectivity index (χ4n) is 2.69. The molecule has 1 saturated heterocycles. The molecular weight excluding hydrogens is 309 g/mol. The van der Waals surface area contributed by atoms with Crippen molar-refractivity contribution >= 4 is 6.09 Å². The van der Waals surface area contributed by atoms with Gasteiger partial charge in [-0.1, -0.05) is 30.3 Å². The summed E-state index contributed by atoms with van der Waals surface area (Å²) in [6.07, 6.45) is -0.719. The van der Waals surface area contributed by atoms with Gasteiger partial charge < -0.3 is 9.47 Å². The first kappa shape index (κ1) is 16.5. The number of carbonyl (C=O) groups is 1. The van der Waals surface area contributed by atoms with Crippen LogP contribution in [-0.2, 0) is 4.74 Å². The molecule has 0 saturated carbocycles. The van der Waals surface area contributed by atoms with Crippen LogP contribution in [0, 0.1) is 5.82 Å². The summed E-state index contributed by atoms with van der Waals surface area (Å²) < 4.78 is 24.4. The molecule has 0 aromatic heterocycles. The number of amides is 1. The van der Waals surface area contributed by atoms with E-state index >= 15 is 0 Å². The largest absolute Gasteiger partial charge is 0.415 e. The zero-order valence-corrected chi connectivity index (χ0v) is 13.7. The van der Waals surface area contributed by atoms with Gasteiger partial charge in [-0.2, -0.15) is 0 Å². The second-order valence-corrected chi connectivity index (χ2v) is 6.46. The molecule has 5 heteroatoms. The van der Waals surface area contributed by atoms with Gasteiger partial charge in [-0.05, 0) is 43.7 Å². The zero-order chi connectivity index (χ0) is 17.2. The monoisotopic (exact) mass is 329 g/mol. The average molecular weight is 329 g/mol. The summed E-state index contributed by atoms with van der Waals surface area (Å²) in [5.74, 6) is 0.207. The third-order valence-corrected chi connectivity index (χ3v) is 4.13. The van der Waals surface area contributed by atoms with E-state index in [0.717, 1.165) is 5.56 Å². The lowest BCUT2D eigenvalue weighted by molar-refractivity contribution is -0.0864. The van der Waals surface area contributed by atoms with E-state index in [-0.39, 0.29) is 11.9 Å². The molecule has 0 N–H and O–H groups in total. The highest BCUT2D eigenvalue weighted by Gasteiger charge is 2.39. The van der Waals surface area contributed by atoms with Gasteiger partial charge in [0.05, 0.1) is 18.7 Å². The Kier molecular flexibility index (Phi) is 4.53. The molecule has 1 aliphatic rings. The van der Waals surface area contributed by atoms with Crippen molar-refractivity contribution in [3.05, 3.63) is 66.0 Å². The van der Waals surface area contributed by atoms with Gasteiger partial charge in [0.25, 0.3) is 0 Å². The Balaban J connectivity index is 1.76. The van der Waals surface area contributed by atoms with Gasteiger partial charge in [-0.3, -0.25) is 4.90 Å². The van der Waals surface area contributed by atoms with E-state index in [1.807, 2.05) is 32.0 Å². The second-order valence-electron chi connectivity index (χ2n) is 6.46. The number of nitrogens with zero attached hydrogens (tertiary/aromatic N) is 1. The highest BCUT2D eigenvalue weighted by molar-refractivity contribution is 5.71. The number of hydrogen-bond acceptors (Lipinski definition) is 3. The maximum absolute atomic E-state index is 13.1. The summed E-state index contributed by atoms with van der Waals surface area (Å²) in [6, 6.07) is 15.1. The Bertz CT molecular complexity index is 700. The molecule has 0 radical (unpaired) electrons. The van der Waals surface area contributed by atoms with Crippen LogP contribution in [-0.4, -0.2) is 29.7 Å². The molecule has 2 aromatic rings. The molecule has 1 amide bonds. The van der Waals surface area contributed by atoms with Gasteiger partial charge >= 0.3 is 6.09 Å². The predicted octanol–water partition coefficient (Wildman–Crippen LogP) is 4.18. The summed E-state index contributed by atoms with van der Waals surface area (Å²) in [7, 11) is 0. The van der Waals surface area contributed by atoms with Crippen LogP contribution in [0.2, 0.25) is 0 Å². The van der Waals surface area contributed by atoms with E-state index in [0.29, 0.717) is 18.9 Å². The highest BCUT2D eigenvalue weighted by atomic mass is 19.1. The third-order valence-electron chi connectivity index (χ3n) is 4.13. The SMILES string of the molecule is CC1(C)COC(c2ccc(F)cc2)CN1C(=O)Oc1ccccc1. The number of para-hydroxylation sites is 1. The lowest BCUT2D eigenvalue weighted by Crippen LogP contribution is -2.57. The van der Waals surface area contributed by atoms with Crippen LogP contribution in [0.1, 0.15) is 25.5 Å². The molecule has 1 aliphatic heterocycles. The number of rotatable bonds is 2. The standard InChI is InChI=1S/C19H20FNO3/c1-19(2)13-23-17(14-8-10-15(20)11-9-14)12-21(19)18(22)24-16-6-4-3-5-7-16/h3-11,17H,12-13H2,1-2H3. The van der Waals surface area contributed by atoms with Crippen LogP contribution < -0.4 is 4.74 Å². The van der Waals surface area contributed by atoms with Crippen LogP contribution in [0.15, 0.2) is 54.6 Å². The topological polar surface area (TPSA) is 38.8 Å². The second kappa shape index (κ2) is 6.61. The maximum Gasteiger partial charge on any atom is 0.415 e. The van der Waals surface area contributed by atoms with E-state index < -0.39 is 11.6 Å². The smallest absolute Gasteiger partial charge is 0.410 e. The predicted molar refractivity (Wildman–Crippen MR) is 88.3 cm³/mol. The van der Waals surface area contributed by atoms with E-state index in [1.54, 1.807) is 29.2 Å². The van der Waals surface area contributed by atoms with Gasteiger partial charge in [-0.15, -0.1) is 0 Å². The van der Waals surface area contributed by atoms with Crippen LogP contribution in [0.3, 0.4) is 0 Å². The Morgan fingerprint density at radius 3 is 2.50 bits per heavy atom. The van der Waals surface area contributed by atoms with Crippen molar-refractivity contribution in [2.75, 3.05) is 13.2 Å². The molecule has 1 fully saturated rings. The van der Waals surface area contributed by atoms with Crippen LogP contribution >= 0.6 is 0 Å². The molecule has 0 bridgehead atoms. The summed E-state index contributed by atoms with van der Waals surface area (Å²) >= 11 is 0. The van der Waals surface area contributed by atoms with Crippen molar-refractivity contribution in [3.63, 3.8) is 0 Å². The van der Waals surface area contributed by atoms with Gasteiger partial charge in [0.1, 0.15) is 17.7 Å². The van der Waals surface area contributed by atoms with Crippen molar-refractivity contribution < 1.29 is 18.7 Å². The fraction of sp³-hybridized carbons (Fsp3) is 0.316. The van der Waals surface area contributed by atoms with E-state index in [9.17, 15) is 9.18 Å². The molecule has 0 spiro atoms. The first-order valence-electron chi connectivity index (χ1n) is 7.87. The average Bonchev–Trinajstić information content (AvgIpc) is 2.56. The Morgan fingerprint density at radius 1 is 1.17 bits per heavy atom. The minimum Gasteiger partial charge on any atom is -0.410 e. The molecule has 2 aromatic carbocycles. The van der Waals surface area contributed by atoms with E-state index in [4.69, 9.17) is 9.47 Å². The summed E-state index contributed by atoms with van der Waals surface area (Å²) in [5.41, 5.74) is 0.354.